The molecule has 0 amide bonds. The first kappa shape index (κ1) is 21.4. The summed E-state index contributed by atoms with van der Waals surface area (Å²) < 4.78 is 19.3. The second-order valence-corrected chi connectivity index (χ2v) is 6.08. The van der Waals surface area contributed by atoms with Crippen LogP contribution in [0.3, 0.4) is 0 Å². The number of hydrogen-bond donors (Lipinski definition) is 0. The Morgan fingerprint density at radius 1 is 0.654 bits per heavy atom. The Labute approximate surface area is 152 Å². The molecule has 0 saturated heterocycles. The van der Waals surface area contributed by atoms with Gasteiger partial charge >= 0.3 is 23.9 Å². The van der Waals surface area contributed by atoms with Crippen LogP contribution in [0.2, 0.25) is 0 Å². The summed E-state index contributed by atoms with van der Waals surface area (Å²) in [5, 5.41) is 0. The molecule has 26 heavy (non-hydrogen) atoms. The molecular formula is C18H24O8. The molecule has 1 fully saturated rings. The van der Waals surface area contributed by atoms with E-state index in [1.165, 1.54) is 13.8 Å². The normalized spacial score (nSPS) is 23.6. The standard InChI is InChI=1S/C18H24O8/c1-9-10(2)18(15(21)25-7,16(22)26-8)12(4)11(3)17(9,13(19)23-5)14(20)24-6/h10-11H,1,4H2,2-3,5-8H3. The average Bonchev–Trinajstić information content (AvgIpc) is 2.65. The highest BCUT2D eigenvalue weighted by Gasteiger charge is 2.70. The van der Waals surface area contributed by atoms with Crippen molar-refractivity contribution in [2.45, 2.75) is 13.8 Å². The van der Waals surface area contributed by atoms with E-state index in [0.29, 0.717) is 0 Å². The lowest BCUT2D eigenvalue weighted by Gasteiger charge is -2.50. The lowest BCUT2D eigenvalue weighted by molar-refractivity contribution is -0.181. The topological polar surface area (TPSA) is 105 Å². The van der Waals surface area contributed by atoms with Gasteiger partial charge in [0.05, 0.1) is 28.4 Å². The zero-order valence-corrected chi connectivity index (χ0v) is 15.8. The van der Waals surface area contributed by atoms with Crippen molar-refractivity contribution in [1.82, 2.24) is 0 Å². The number of carbonyl (C=O) groups excluding carboxylic acids is 4. The lowest BCUT2D eigenvalue weighted by Crippen LogP contribution is -2.61. The fourth-order valence-corrected chi connectivity index (χ4v) is 3.80. The predicted molar refractivity (Wildman–Crippen MR) is 89.5 cm³/mol. The van der Waals surface area contributed by atoms with Gasteiger partial charge in [-0.15, -0.1) is 0 Å². The third-order valence-corrected chi connectivity index (χ3v) is 5.39. The second kappa shape index (κ2) is 7.31. The molecule has 1 aliphatic rings. The molecule has 2 atom stereocenters. The molecule has 0 aliphatic heterocycles. The van der Waals surface area contributed by atoms with E-state index in [0.717, 1.165) is 28.4 Å². The SMILES string of the molecule is C=C1C(C)C(C(=O)OC)(C(=O)OC)C(=C)C(C)C1(C(=O)OC)C(=O)OC. The van der Waals surface area contributed by atoms with Crippen LogP contribution >= 0.6 is 0 Å². The minimum Gasteiger partial charge on any atom is -0.468 e. The summed E-state index contributed by atoms with van der Waals surface area (Å²) in [4.78, 5) is 50.5. The molecule has 0 aromatic carbocycles. The van der Waals surface area contributed by atoms with Gasteiger partial charge in [-0.3, -0.25) is 19.2 Å². The molecule has 0 bridgehead atoms. The van der Waals surface area contributed by atoms with Crippen LogP contribution in [0.1, 0.15) is 13.8 Å². The predicted octanol–water partition coefficient (Wildman–Crippen LogP) is 1.05. The summed E-state index contributed by atoms with van der Waals surface area (Å²) in [6.45, 7) is 10.6. The van der Waals surface area contributed by atoms with Gasteiger partial charge in [0.25, 0.3) is 0 Å². The highest BCUT2D eigenvalue weighted by atomic mass is 16.6. The van der Waals surface area contributed by atoms with Gasteiger partial charge in [-0.1, -0.05) is 27.0 Å². The van der Waals surface area contributed by atoms with Crippen molar-refractivity contribution in [2.24, 2.45) is 22.7 Å². The van der Waals surface area contributed by atoms with Gasteiger partial charge in [-0.25, -0.2) is 0 Å². The maximum atomic E-state index is 12.6. The highest BCUT2D eigenvalue weighted by molar-refractivity contribution is 6.10. The number of methoxy groups -OCH3 is 4. The van der Waals surface area contributed by atoms with Crippen molar-refractivity contribution in [1.29, 1.82) is 0 Å². The maximum Gasteiger partial charge on any atom is 0.328 e. The van der Waals surface area contributed by atoms with Crippen LogP contribution in [0.15, 0.2) is 24.3 Å². The van der Waals surface area contributed by atoms with E-state index in [9.17, 15) is 19.2 Å². The summed E-state index contributed by atoms with van der Waals surface area (Å²) in [6, 6.07) is 0. The first-order chi connectivity index (χ1) is 12.1. The molecule has 0 spiro atoms. The Morgan fingerprint density at radius 3 is 1.00 bits per heavy atom. The molecule has 0 aromatic heterocycles. The van der Waals surface area contributed by atoms with Gasteiger partial charge < -0.3 is 18.9 Å². The number of hydrogen-bond acceptors (Lipinski definition) is 8. The van der Waals surface area contributed by atoms with E-state index in [1.54, 1.807) is 0 Å². The van der Waals surface area contributed by atoms with Crippen molar-refractivity contribution in [3.8, 4) is 0 Å². The molecular weight excluding hydrogens is 344 g/mol. The fraction of sp³-hybridized carbons (Fsp3) is 0.556. The van der Waals surface area contributed by atoms with Crippen LogP contribution in [0.5, 0.6) is 0 Å². The third-order valence-electron chi connectivity index (χ3n) is 5.39. The van der Waals surface area contributed by atoms with E-state index in [4.69, 9.17) is 18.9 Å². The van der Waals surface area contributed by atoms with Crippen molar-refractivity contribution >= 4 is 23.9 Å². The van der Waals surface area contributed by atoms with Crippen molar-refractivity contribution < 1.29 is 38.1 Å². The lowest BCUT2D eigenvalue weighted by atomic mass is 9.49. The average molecular weight is 368 g/mol. The fourth-order valence-electron chi connectivity index (χ4n) is 3.80. The van der Waals surface area contributed by atoms with Crippen LogP contribution in [0, 0.1) is 22.7 Å². The monoisotopic (exact) mass is 368 g/mol. The largest absolute Gasteiger partial charge is 0.468 e. The molecule has 1 rings (SSSR count). The number of rotatable bonds is 4. The molecule has 1 saturated carbocycles. The quantitative estimate of drug-likeness (QED) is 0.314. The Kier molecular flexibility index (Phi) is 6.02. The summed E-state index contributed by atoms with van der Waals surface area (Å²) >= 11 is 0. The maximum absolute atomic E-state index is 12.6. The van der Waals surface area contributed by atoms with Gasteiger partial charge in [0.2, 0.25) is 0 Å². The third kappa shape index (κ3) is 2.35. The van der Waals surface area contributed by atoms with Gasteiger partial charge in [-0.05, 0) is 11.1 Å². The summed E-state index contributed by atoms with van der Waals surface area (Å²) in [7, 11) is 4.46. The van der Waals surface area contributed by atoms with Crippen LogP contribution in [0.4, 0.5) is 0 Å². The Hall–Kier alpha value is -2.64. The summed E-state index contributed by atoms with van der Waals surface area (Å²) in [5.41, 5.74) is -3.95. The van der Waals surface area contributed by atoms with Gasteiger partial charge in [-0.2, -0.15) is 0 Å². The Morgan fingerprint density at radius 2 is 0.846 bits per heavy atom. The molecule has 2 unspecified atom stereocenters. The number of ether oxygens (including phenoxy) is 4. The highest BCUT2D eigenvalue weighted by Crippen LogP contribution is 2.59. The zero-order chi connectivity index (χ0) is 20.4. The second-order valence-electron chi connectivity index (χ2n) is 6.08. The first-order valence-corrected chi connectivity index (χ1v) is 7.78. The van der Waals surface area contributed by atoms with E-state index >= 15 is 0 Å². The molecule has 0 aromatic rings. The number of esters is 4. The van der Waals surface area contributed by atoms with Crippen molar-refractivity contribution in [2.75, 3.05) is 28.4 Å². The zero-order valence-electron chi connectivity index (χ0n) is 15.8. The van der Waals surface area contributed by atoms with E-state index in [1.807, 2.05) is 0 Å². The van der Waals surface area contributed by atoms with Gasteiger partial charge in [0.1, 0.15) is 0 Å². The van der Waals surface area contributed by atoms with Crippen LogP contribution in [0.25, 0.3) is 0 Å². The van der Waals surface area contributed by atoms with Crippen LogP contribution < -0.4 is 0 Å². The van der Waals surface area contributed by atoms with Crippen molar-refractivity contribution in [3.63, 3.8) is 0 Å². The van der Waals surface area contributed by atoms with Crippen LogP contribution in [-0.4, -0.2) is 52.3 Å². The van der Waals surface area contributed by atoms with Crippen molar-refractivity contribution in [3.05, 3.63) is 24.3 Å². The minimum absolute atomic E-state index is 0.0214. The van der Waals surface area contributed by atoms with E-state index in [2.05, 4.69) is 13.2 Å². The van der Waals surface area contributed by atoms with E-state index in [-0.39, 0.29) is 11.1 Å². The van der Waals surface area contributed by atoms with Gasteiger partial charge in [0.15, 0.2) is 10.8 Å². The smallest absolute Gasteiger partial charge is 0.328 e. The molecule has 1 aliphatic carbocycles. The minimum atomic E-state index is -1.95. The first-order valence-electron chi connectivity index (χ1n) is 7.78. The molecule has 8 nitrogen and oxygen atoms in total. The van der Waals surface area contributed by atoms with Gasteiger partial charge in [0, 0.05) is 11.8 Å². The Balaban J connectivity index is 3.86. The number of carbonyl (C=O) groups is 4. The molecule has 0 N–H and O–H groups in total. The summed E-state index contributed by atoms with van der Waals surface area (Å²) in [5.74, 6) is -5.78. The Bertz CT molecular complexity index is 585. The summed E-state index contributed by atoms with van der Waals surface area (Å²) in [6.07, 6.45) is 0. The van der Waals surface area contributed by atoms with E-state index < -0.39 is 46.5 Å². The molecule has 144 valence electrons. The molecule has 8 heteroatoms. The molecule has 0 radical (unpaired) electrons. The van der Waals surface area contributed by atoms with Crippen LogP contribution in [-0.2, 0) is 38.1 Å². The molecule has 0 heterocycles.